The summed E-state index contributed by atoms with van der Waals surface area (Å²) >= 11 is 0. The van der Waals surface area contributed by atoms with Gasteiger partial charge >= 0.3 is 5.97 Å². The average molecular weight is 362 g/mol. The number of aryl methyl sites for hydroxylation is 1. The molecule has 0 fully saturated rings. The Morgan fingerprint density at radius 1 is 1.15 bits per heavy atom. The van der Waals surface area contributed by atoms with Gasteiger partial charge in [-0.3, -0.25) is 4.79 Å². The number of rotatable bonds is 6. The molecule has 0 unspecified atom stereocenters. The summed E-state index contributed by atoms with van der Waals surface area (Å²) in [5, 5.41) is 3.76. The van der Waals surface area contributed by atoms with Crippen molar-refractivity contribution in [2.75, 3.05) is 7.11 Å². The summed E-state index contributed by atoms with van der Waals surface area (Å²) in [6, 6.07) is 14.9. The maximum absolute atomic E-state index is 12.3. The number of carbonyl (C=O) groups excluding carboxylic acids is 2. The molecule has 0 aliphatic rings. The van der Waals surface area contributed by atoms with E-state index in [2.05, 4.69) is 10.3 Å². The van der Waals surface area contributed by atoms with Crippen molar-refractivity contribution in [3.8, 4) is 0 Å². The Morgan fingerprint density at radius 3 is 2.63 bits per heavy atom. The highest BCUT2D eigenvalue weighted by atomic mass is 16.5. The van der Waals surface area contributed by atoms with Crippen molar-refractivity contribution in [3.63, 3.8) is 0 Å². The van der Waals surface area contributed by atoms with Crippen LogP contribution in [0.15, 0.2) is 60.8 Å². The third-order valence-corrected chi connectivity index (χ3v) is 4.41. The fourth-order valence-corrected chi connectivity index (χ4v) is 2.93. The fourth-order valence-electron chi connectivity index (χ4n) is 2.93. The highest BCUT2D eigenvalue weighted by molar-refractivity contribution is 5.95. The van der Waals surface area contributed by atoms with Gasteiger partial charge in [0.05, 0.1) is 7.11 Å². The molecule has 1 heterocycles. The van der Waals surface area contributed by atoms with Gasteiger partial charge in [0.25, 0.3) is 0 Å². The van der Waals surface area contributed by atoms with E-state index in [0.29, 0.717) is 6.42 Å². The highest BCUT2D eigenvalue weighted by Crippen LogP contribution is 2.19. The second-order valence-corrected chi connectivity index (χ2v) is 6.39. The number of esters is 1. The highest BCUT2D eigenvalue weighted by Gasteiger charge is 2.22. The van der Waals surface area contributed by atoms with Gasteiger partial charge in [-0.25, -0.2) is 4.79 Å². The lowest BCUT2D eigenvalue weighted by molar-refractivity contribution is -0.144. The molecule has 0 bridgehead atoms. The van der Waals surface area contributed by atoms with Crippen molar-refractivity contribution in [2.24, 2.45) is 0 Å². The Balaban J connectivity index is 1.72. The van der Waals surface area contributed by atoms with E-state index in [1.807, 2.05) is 61.7 Å². The molecule has 3 aromatic rings. The van der Waals surface area contributed by atoms with Crippen molar-refractivity contribution in [3.05, 3.63) is 77.5 Å². The van der Waals surface area contributed by atoms with Crippen LogP contribution in [0, 0.1) is 6.92 Å². The van der Waals surface area contributed by atoms with E-state index in [9.17, 15) is 9.59 Å². The minimum Gasteiger partial charge on any atom is -0.467 e. The Bertz CT molecular complexity index is 971. The number of amides is 1. The molecule has 1 amide bonds. The van der Waals surface area contributed by atoms with Gasteiger partial charge in [0.15, 0.2) is 0 Å². The monoisotopic (exact) mass is 362 g/mol. The van der Waals surface area contributed by atoms with Gasteiger partial charge in [0.1, 0.15) is 6.04 Å². The number of fused-ring (bicyclic) bond motifs is 1. The number of methoxy groups -OCH3 is 1. The van der Waals surface area contributed by atoms with Crippen LogP contribution in [-0.2, 0) is 20.7 Å². The first-order valence-electron chi connectivity index (χ1n) is 8.75. The molecule has 0 saturated carbocycles. The minimum absolute atomic E-state index is 0.342. The van der Waals surface area contributed by atoms with Gasteiger partial charge in [0, 0.05) is 29.6 Å². The quantitative estimate of drug-likeness (QED) is 0.522. The van der Waals surface area contributed by atoms with E-state index >= 15 is 0 Å². The third-order valence-electron chi connectivity index (χ3n) is 4.41. The lowest BCUT2D eigenvalue weighted by Gasteiger charge is -2.15. The van der Waals surface area contributed by atoms with Gasteiger partial charge in [-0.1, -0.05) is 48.0 Å². The molecule has 5 nitrogen and oxygen atoms in total. The standard InChI is InChI=1S/C22H22N2O3/c1-15-7-9-16(10-8-15)11-12-21(25)24-20(22(26)27-2)13-17-14-23-19-6-4-3-5-18(17)19/h3-12,14,20,23H,13H2,1-2H3,(H,24,25)/t20-/m0/s1. The molecular weight excluding hydrogens is 340 g/mol. The summed E-state index contributed by atoms with van der Waals surface area (Å²) < 4.78 is 4.86. The molecule has 0 radical (unpaired) electrons. The van der Waals surface area contributed by atoms with Crippen LogP contribution in [0.2, 0.25) is 0 Å². The van der Waals surface area contributed by atoms with E-state index in [1.54, 1.807) is 6.08 Å². The van der Waals surface area contributed by atoms with E-state index in [4.69, 9.17) is 4.74 Å². The largest absolute Gasteiger partial charge is 0.467 e. The summed E-state index contributed by atoms with van der Waals surface area (Å²) in [6.45, 7) is 2.01. The van der Waals surface area contributed by atoms with Gasteiger partial charge in [0.2, 0.25) is 5.91 Å². The molecule has 27 heavy (non-hydrogen) atoms. The number of ether oxygens (including phenoxy) is 1. The van der Waals surface area contributed by atoms with E-state index in [-0.39, 0.29) is 5.91 Å². The van der Waals surface area contributed by atoms with Crippen LogP contribution in [0.3, 0.4) is 0 Å². The maximum Gasteiger partial charge on any atom is 0.328 e. The summed E-state index contributed by atoms with van der Waals surface area (Å²) in [4.78, 5) is 27.6. The van der Waals surface area contributed by atoms with Crippen LogP contribution >= 0.6 is 0 Å². The summed E-state index contributed by atoms with van der Waals surface area (Å²) in [6.07, 6.45) is 5.35. The summed E-state index contributed by atoms with van der Waals surface area (Å²) in [5.74, 6) is -0.816. The van der Waals surface area contributed by atoms with Crippen molar-refractivity contribution < 1.29 is 14.3 Å². The Labute approximate surface area is 158 Å². The minimum atomic E-state index is -0.760. The van der Waals surface area contributed by atoms with Gasteiger partial charge in [-0.2, -0.15) is 0 Å². The molecule has 2 N–H and O–H groups in total. The number of hydrogen-bond acceptors (Lipinski definition) is 3. The molecule has 0 aliphatic carbocycles. The predicted octanol–water partition coefficient (Wildman–Crippen LogP) is 3.39. The van der Waals surface area contributed by atoms with Crippen molar-refractivity contribution in [1.82, 2.24) is 10.3 Å². The number of benzene rings is 2. The number of hydrogen-bond donors (Lipinski definition) is 2. The lowest BCUT2D eigenvalue weighted by atomic mass is 10.0. The lowest BCUT2D eigenvalue weighted by Crippen LogP contribution is -2.42. The van der Waals surface area contributed by atoms with Crippen LogP contribution in [0.25, 0.3) is 17.0 Å². The summed E-state index contributed by atoms with van der Waals surface area (Å²) in [5.41, 5.74) is 4.01. The maximum atomic E-state index is 12.3. The van der Waals surface area contributed by atoms with Crippen LogP contribution in [-0.4, -0.2) is 30.0 Å². The zero-order valence-electron chi connectivity index (χ0n) is 15.4. The Hall–Kier alpha value is -3.34. The molecule has 1 atom stereocenters. The number of aromatic amines is 1. The molecule has 1 aromatic heterocycles. The fraction of sp³-hybridized carbons (Fsp3) is 0.182. The number of aromatic nitrogens is 1. The zero-order chi connectivity index (χ0) is 19.2. The Kier molecular flexibility index (Phi) is 5.71. The molecule has 5 heteroatoms. The molecule has 0 aliphatic heterocycles. The summed E-state index contributed by atoms with van der Waals surface area (Å²) in [7, 11) is 1.32. The first-order valence-corrected chi connectivity index (χ1v) is 8.75. The molecular formula is C22H22N2O3. The zero-order valence-corrected chi connectivity index (χ0v) is 15.4. The molecule has 0 saturated heterocycles. The van der Waals surface area contributed by atoms with Gasteiger partial charge in [-0.15, -0.1) is 0 Å². The van der Waals surface area contributed by atoms with Gasteiger partial charge < -0.3 is 15.0 Å². The molecule has 2 aromatic carbocycles. The number of H-pyrrole nitrogens is 1. The molecule has 3 rings (SSSR count). The topological polar surface area (TPSA) is 71.2 Å². The van der Waals surface area contributed by atoms with Crippen LogP contribution < -0.4 is 5.32 Å². The van der Waals surface area contributed by atoms with Crippen molar-refractivity contribution in [2.45, 2.75) is 19.4 Å². The molecule has 138 valence electrons. The number of para-hydroxylation sites is 1. The van der Waals surface area contributed by atoms with Crippen molar-refractivity contribution >= 4 is 28.9 Å². The van der Waals surface area contributed by atoms with E-state index in [0.717, 1.165) is 27.6 Å². The predicted molar refractivity (Wildman–Crippen MR) is 106 cm³/mol. The smallest absolute Gasteiger partial charge is 0.328 e. The first kappa shape index (κ1) is 18.5. The van der Waals surface area contributed by atoms with Crippen LogP contribution in [0.1, 0.15) is 16.7 Å². The van der Waals surface area contributed by atoms with Crippen LogP contribution in [0.4, 0.5) is 0 Å². The third kappa shape index (κ3) is 4.64. The normalized spacial score (nSPS) is 12.2. The second-order valence-electron chi connectivity index (χ2n) is 6.39. The van der Waals surface area contributed by atoms with E-state index in [1.165, 1.54) is 13.2 Å². The molecule has 0 spiro atoms. The van der Waals surface area contributed by atoms with E-state index < -0.39 is 12.0 Å². The van der Waals surface area contributed by atoms with Crippen LogP contribution in [0.5, 0.6) is 0 Å². The second kappa shape index (κ2) is 8.36. The number of nitrogens with one attached hydrogen (secondary N) is 2. The van der Waals surface area contributed by atoms with Crippen molar-refractivity contribution in [1.29, 1.82) is 0 Å². The first-order chi connectivity index (χ1) is 13.1. The SMILES string of the molecule is COC(=O)[C@H](Cc1c[nH]c2ccccc12)NC(=O)C=Cc1ccc(C)cc1. The average Bonchev–Trinajstić information content (AvgIpc) is 3.09. The number of carbonyl (C=O) groups is 2. The Morgan fingerprint density at radius 2 is 1.89 bits per heavy atom. The van der Waals surface area contributed by atoms with Gasteiger partial charge in [-0.05, 0) is 30.2 Å².